The van der Waals surface area contributed by atoms with E-state index in [4.69, 9.17) is 11.6 Å². The van der Waals surface area contributed by atoms with Crippen LogP contribution in [0.3, 0.4) is 0 Å². The molecule has 3 aromatic carbocycles. The van der Waals surface area contributed by atoms with Crippen molar-refractivity contribution >= 4 is 52.4 Å². The maximum Gasteiger partial charge on any atom is 0.336 e. The molecule has 0 fully saturated rings. The van der Waals surface area contributed by atoms with E-state index in [1.54, 1.807) is 56.6 Å². The quantitative estimate of drug-likeness (QED) is 0.272. The Hall–Kier alpha value is -4.69. The standard InChI is InChI=1S/C30H26ClN3O5/c1-34(2)29(37)27(16-20-7-12-22(35)13-8-20)33-28(36)26-17-24(30(38)39)23-15-19(9-14-25(23)32-26)4-3-18-5-10-21(31)11-6-18/h3-15,17,27,35H,16H2,1-2H3,(H,33,36)(H,38,39)/b4-3+/t27-/m0/s1. The highest BCUT2D eigenvalue weighted by Crippen LogP contribution is 2.23. The predicted molar refractivity (Wildman–Crippen MR) is 151 cm³/mol. The molecule has 3 N–H and O–H groups in total. The lowest BCUT2D eigenvalue weighted by Crippen LogP contribution is -2.47. The average molecular weight is 544 g/mol. The van der Waals surface area contributed by atoms with Crippen molar-refractivity contribution < 1.29 is 24.6 Å². The first-order valence-electron chi connectivity index (χ1n) is 12.0. The van der Waals surface area contributed by atoms with Crippen LogP contribution in [0.4, 0.5) is 0 Å². The number of nitrogens with one attached hydrogen (secondary N) is 1. The van der Waals surface area contributed by atoms with Gasteiger partial charge in [-0.15, -0.1) is 0 Å². The molecule has 0 aliphatic heterocycles. The van der Waals surface area contributed by atoms with Crippen molar-refractivity contribution in [3.63, 3.8) is 0 Å². The van der Waals surface area contributed by atoms with Crippen LogP contribution >= 0.6 is 11.6 Å². The maximum atomic E-state index is 13.2. The number of carbonyl (C=O) groups excluding carboxylic acids is 2. The zero-order valence-corrected chi connectivity index (χ0v) is 22.0. The van der Waals surface area contributed by atoms with Gasteiger partial charge in [0.1, 0.15) is 17.5 Å². The zero-order valence-electron chi connectivity index (χ0n) is 21.3. The first kappa shape index (κ1) is 27.3. The molecule has 9 heteroatoms. The highest BCUT2D eigenvalue weighted by molar-refractivity contribution is 6.30. The zero-order chi connectivity index (χ0) is 28.1. The molecular formula is C30H26ClN3O5. The van der Waals surface area contributed by atoms with Gasteiger partial charge in [-0.1, -0.05) is 54.1 Å². The summed E-state index contributed by atoms with van der Waals surface area (Å²) in [5.74, 6) is -2.14. The molecule has 1 heterocycles. The van der Waals surface area contributed by atoms with Gasteiger partial charge in [0.15, 0.2) is 0 Å². The average Bonchev–Trinajstić information content (AvgIpc) is 2.92. The molecule has 0 saturated heterocycles. The molecule has 4 aromatic rings. The fourth-order valence-corrected chi connectivity index (χ4v) is 4.14. The van der Waals surface area contributed by atoms with Crippen LogP contribution in [0.1, 0.15) is 37.5 Å². The fourth-order valence-electron chi connectivity index (χ4n) is 4.02. The number of likely N-dealkylation sites (N-methyl/N-ethyl adjacent to an activating group) is 1. The van der Waals surface area contributed by atoms with Crippen molar-refractivity contribution in [3.8, 4) is 5.75 Å². The third-order valence-corrected chi connectivity index (χ3v) is 6.31. The Morgan fingerprint density at radius 1 is 0.949 bits per heavy atom. The normalized spacial score (nSPS) is 11.9. The number of aromatic carboxylic acids is 1. The lowest BCUT2D eigenvalue weighted by molar-refractivity contribution is -0.130. The first-order chi connectivity index (χ1) is 18.6. The number of benzene rings is 3. The number of halogens is 1. The van der Waals surface area contributed by atoms with Crippen LogP contribution in [0, 0.1) is 0 Å². The second kappa shape index (κ2) is 11.8. The number of phenolic OH excluding ortho intramolecular Hbond substituents is 1. The minimum absolute atomic E-state index is 0.0825. The molecule has 1 aromatic heterocycles. The summed E-state index contributed by atoms with van der Waals surface area (Å²) in [6.07, 6.45) is 3.89. The molecule has 0 aliphatic rings. The molecule has 0 bridgehead atoms. The number of carboxylic acid groups (broad SMARTS) is 1. The molecule has 0 unspecified atom stereocenters. The largest absolute Gasteiger partial charge is 0.508 e. The smallest absolute Gasteiger partial charge is 0.336 e. The van der Waals surface area contributed by atoms with E-state index in [1.165, 1.54) is 23.1 Å². The van der Waals surface area contributed by atoms with E-state index in [9.17, 15) is 24.6 Å². The molecule has 0 radical (unpaired) electrons. The van der Waals surface area contributed by atoms with E-state index in [2.05, 4.69) is 10.3 Å². The van der Waals surface area contributed by atoms with Gasteiger partial charge in [0.25, 0.3) is 5.91 Å². The van der Waals surface area contributed by atoms with Crippen LogP contribution in [0.2, 0.25) is 5.02 Å². The highest BCUT2D eigenvalue weighted by Gasteiger charge is 2.25. The third kappa shape index (κ3) is 6.80. The molecule has 39 heavy (non-hydrogen) atoms. The number of carboxylic acids is 1. The fraction of sp³-hybridized carbons (Fsp3) is 0.133. The Kier molecular flexibility index (Phi) is 8.27. The molecule has 0 aliphatic carbocycles. The lowest BCUT2D eigenvalue weighted by Gasteiger charge is -2.22. The van der Waals surface area contributed by atoms with Gasteiger partial charge in [-0.3, -0.25) is 9.59 Å². The van der Waals surface area contributed by atoms with Gasteiger partial charge in [0.2, 0.25) is 5.91 Å². The van der Waals surface area contributed by atoms with Gasteiger partial charge in [-0.25, -0.2) is 9.78 Å². The number of hydrogen-bond donors (Lipinski definition) is 3. The van der Waals surface area contributed by atoms with Gasteiger partial charge in [-0.05, 0) is 59.2 Å². The van der Waals surface area contributed by atoms with Gasteiger partial charge >= 0.3 is 5.97 Å². The predicted octanol–water partition coefficient (Wildman–Crippen LogP) is 4.89. The van der Waals surface area contributed by atoms with E-state index in [0.717, 1.165) is 16.7 Å². The summed E-state index contributed by atoms with van der Waals surface area (Å²) >= 11 is 5.93. The van der Waals surface area contributed by atoms with E-state index in [1.807, 2.05) is 24.3 Å². The summed E-state index contributed by atoms with van der Waals surface area (Å²) in [5.41, 5.74) is 2.54. The SMILES string of the molecule is CN(C)C(=O)[C@H](Cc1ccc(O)cc1)NC(=O)c1cc(C(=O)O)c2cc(/C=C/c3ccc(Cl)cc3)ccc2n1. The number of carbonyl (C=O) groups is 3. The van der Waals surface area contributed by atoms with Crippen LogP contribution in [-0.2, 0) is 11.2 Å². The Balaban J connectivity index is 1.63. The van der Waals surface area contributed by atoms with E-state index in [-0.39, 0.29) is 29.3 Å². The monoisotopic (exact) mass is 543 g/mol. The molecule has 8 nitrogen and oxygen atoms in total. The van der Waals surface area contributed by atoms with Crippen LogP contribution in [0.15, 0.2) is 72.8 Å². The van der Waals surface area contributed by atoms with Gasteiger partial charge < -0.3 is 20.4 Å². The minimum atomic E-state index is -1.21. The number of fused-ring (bicyclic) bond motifs is 1. The lowest BCUT2D eigenvalue weighted by atomic mass is 10.0. The van der Waals surface area contributed by atoms with Crippen molar-refractivity contribution in [2.75, 3.05) is 14.1 Å². The highest BCUT2D eigenvalue weighted by atomic mass is 35.5. The number of pyridine rings is 1. The van der Waals surface area contributed by atoms with E-state index in [0.29, 0.717) is 15.9 Å². The molecular weight excluding hydrogens is 518 g/mol. The Labute approximate surface area is 230 Å². The van der Waals surface area contributed by atoms with E-state index >= 15 is 0 Å². The van der Waals surface area contributed by atoms with Crippen molar-refractivity contribution in [2.45, 2.75) is 12.5 Å². The number of rotatable bonds is 8. The van der Waals surface area contributed by atoms with Crippen LogP contribution in [0.5, 0.6) is 5.75 Å². The summed E-state index contributed by atoms with van der Waals surface area (Å²) in [4.78, 5) is 43.9. The number of amides is 2. The maximum absolute atomic E-state index is 13.2. The summed E-state index contributed by atoms with van der Waals surface area (Å²) in [6.45, 7) is 0. The second-order valence-electron chi connectivity index (χ2n) is 9.15. The van der Waals surface area contributed by atoms with Gasteiger partial charge in [0.05, 0.1) is 11.1 Å². The Morgan fingerprint density at radius 2 is 1.59 bits per heavy atom. The molecule has 1 atom stereocenters. The van der Waals surface area contributed by atoms with Crippen molar-refractivity contribution in [2.24, 2.45) is 0 Å². The molecule has 198 valence electrons. The van der Waals surface area contributed by atoms with Crippen LogP contribution in [-0.4, -0.2) is 58.0 Å². The van der Waals surface area contributed by atoms with Crippen molar-refractivity contribution in [3.05, 3.63) is 106 Å². The third-order valence-electron chi connectivity index (χ3n) is 6.05. The summed E-state index contributed by atoms with van der Waals surface area (Å²) in [6, 6.07) is 19.0. The van der Waals surface area contributed by atoms with Crippen LogP contribution < -0.4 is 5.32 Å². The van der Waals surface area contributed by atoms with E-state index < -0.39 is 17.9 Å². The number of hydrogen-bond acceptors (Lipinski definition) is 5. The molecule has 2 amide bonds. The second-order valence-corrected chi connectivity index (χ2v) is 9.59. The van der Waals surface area contributed by atoms with Crippen molar-refractivity contribution in [1.29, 1.82) is 0 Å². The van der Waals surface area contributed by atoms with Gasteiger partial charge in [-0.2, -0.15) is 0 Å². The molecule has 0 saturated carbocycles. The number of aromatic nitrogens is 1. The topological polar surface area (TPSA) is 120 Å². The molecule has 0 spiro atoms. The summed E-state index contributed by atoms with van der Waals surface area (Å²) < 4.78 is 0. The summed E-state index contributed by atoms with van der Waals surface area (Å²) in [7, 11) is 3.15. The minimum Gasteiger partial charge on any atom is -0.508 e. The number of aromatic hydroxyl groups is 1. The number of phenols is 1. The number of nitrogens with zero attached hydrogens (tertiary/aromatic N) is 2. The summed E-state index contributed by atoms with van der Waals surface area (Å²) in [5, 5.41) is 23.1. The Morgan fingerprint density at radius 3 is 2.23 bits per heavy atom. The first-order valence-corrected chi connectivity index (χ1v) is 12.4. The molecule has 4 rings (SSSR count). The van der Waals surface area contributed by atoms with Crippen molar-refractivity contribution in [1.82, 2.24) is 15.2 Å². The van der Waals surface area contributed by atoms with Crippen LogP contribution in [0.25, 0.3) is 23.1 Å². The van der Waals surface area contributed by atoms with Gasteiger partial charge in [0, 0.05) is 30.9 Å². The Bertz CT molecular complexity index is 1560.